The molecular formula is C10H14BrN5O4S. The molecule has 0 spiro atoms. The number of nitrogen functional groups attached to an aromatic ring is 1. The maximum atomic E-state index is 11.5. The number of hydrogen-bond donors (Lipinski definition) is 1. The maximum absolute atomic E-state index is 11.5. The molecule has 2 rings (SSSR count). The Bertz CT molecular complexity index is 672. The van der Waals surface area contributed by atoms with Crippen LogP contribution in [0, 0.1) is 10.1 Å². The topological polar surface area (TPSA) is 123 Å². The van der Waals surface area contributed by atoms with Crippen LogP contribution in [0.2, 0.25) is 0 Å². The van der Waals surface area contributed by atoms with Crippen LogP contribution in [-0.2, 0) is 10.0 Å². The molecule has 0 aromatic carbocycles. The minimum absolute atomic E-state index is 0.163. The van der Waals surface area contributed by atoms with Gasteiger partial charge in [-0.15, -0.1) is 0 Å². The summed E-state index contributed by atoms with van der Waals surface area (Å²) >= 11 is 3.24. The molecule has 1 aliphatic rings. The van der Waals surface area contributed by atoms with Gasteiger partial charge < -0.3 is 10.6 Å². The van der Waals surface area contributed by atoms with E-state index < -0.39 is 14.9 Å². The summed E-state index contributed by atoms with van der Waals surface area (Å²) < 4.78 is 24.8. The molecule has 21 heavy (non-hydrogen) atoms. The van der Waals surface area contributed by atoms with Crippen LogP contribution in [0.25, 0.3) is 0 Å². The summed E-state index contributed by atoms with van der Waals surface area (Å²) in [5, 5.41) is 11.2. The molecule has 0 amide bonds. The number of nitrogens with two attached hydrogens (primary N) is 1. The molecule has 9 nitrogen and oxygen atoms in total. The zero-order chi connectivity index (χ0) is 15.8. The lowest BCUT2D eigenvalue weighted by Gasteiger charge is -2.34. The first-order valence-electron chi connectivity index (χ1n) is 6.00. The highest BCUT2D eigenvalue weighted by Crippen LogP contribution is 2.39. The van der Waals surface area contributed by atoms with Gasteiger partial charge in [0.15, 0.2) is 0 Å². The van der Waals surface area contributed by atoms with Gasteiger partial charge in [-0.2, -0.15) is 4.31 Å². The highest BCUT2D eigenvalue weighted by Gasteiger charge is 2.31. The van der Waals surface area contributed by atoms with Crippen molar-refractivity contribution in [3.05, 3.63) is 20.8 Å². The van der Waals surface area contributed by atoms with Crippen molar-refractivity contribution in [2.45, 2.75) is 0 Å². The van der Waals surface area contributed by atoms with E-state index in [9.17, 15) is 18.5 Å². The minimum atomic E-state index is -3.25. The molecule has 1 fully saturated rings. The number of nitro groups is 1. The van der Waals surface area contributed by atoms with E-state index in [4.69, 9.17) is 5.73 Å². The first-order valence-corrected chi connectivity index (χ1v) is 8.64. The Balaban J connectivity index is 2.33. The van der Waals surface area contributed by atoms with Gasteiger partial charge in [-0.05, 0) is 15.9 Å². The molecule has 2 heterocycles. The molecule has 1 aromatic rings. The van der Waals surface area contributed by atoms with Crippen LogP contribution in [0.3, 0.4) is 0 Å². The lowest BCUT2D eigenvalue weighted by atomic mass is 10.2. The van der Waals surface area contributed by atoms with E-state index in [2.05, 4.69) is 20.9 Å². The molecule has 116 valence electrons. The molecule has 0 aliphatic carbocycles. The third kappa shape index (κ3) is 3.24. The monoisotopic (exact) mass is 379 g/mol. The van der Waals surface area contributed by atoms with Crippen molar-refractivity contribution in [3.63, 3.8) is 0 Å². The third-order valence-corrected chi connectivity index (χ3v) is 5.10. The van der Waals surface area contributed by atoms with Gasteiger partial charge >= 0.3 is 5.69 Å². The van der Waals surface area contributed by atoms with Crippen LogP contribution in [0.5, 0.6) is 0 Å². The quantitative estimate of drug-likeness (QED) is 0.595. The van der Waals surface area contributed by atoms with E-state index in [-0.39, 0.29) is 24.6 Å². The lowest BCUT2D eigenvalue weighted by Crippen LogP contribution is -2.48. The van der Waals surface area contributed by atoms with Crippen LogP contribution in [0.1, 0.15) is 0 Å². The predicted octanol–water partition coefficient (Wildman–Crippen LogP) is 0.416. The van der Waals surface area contributed by atoms with Gasteiger partial charge in [0, 0.05) is 32.4 Å². The second-order valence-corrected chi connectivity index (χ2v) is 7.43. The third-order valence-electron chi connectivity index (χ3n) is 3.22. The highest BCUT2D eigenvalue weighted by atomic mass is 79.9. The van der Waals surface area contributed by atoms with Crippen molar-refractivity contribution in [3.8, 4) is 0 Å². The second kappa shape index (κ2) is 5.73. The van der Waals surface area contributed by atoms with Gasteiger partial charge in [0.05, 0.1) is 15.7 Å². The standard InChI is InChI=1S/C10H14BrN5O4S/c1-21(19,20)15-4-2-14(3-5-15)8-7(11)6-13-10(12)9(8)16(17)18/h6H,2-5H2,1H3,(H2,12,13). The molecule has 1 aliphatic heterocycles. The maximum Gasteiger partial charge on any atom is 0.335 e. The Morgan fingerprint density at radius 2 is 1.95 bits per heavy atom. The number of sulfonamides is 1. The summed E-state index contributed by atoms with van der Waals surface area (Å²) in [6.07, 6.45) is 2.55. The number of pyridine rings is 1. The molecule has 0 radical (unpaired) electrons. The van der Waals surface area contributed by atoms with Crippen LogP contribution in [-0.4, -0.2) is 55.1 Å². The summed E-state index contributed by atoms with van der Waals surface area (Å²) in [7, 11) is -3.25. The average Bonchev–Trinajstić information content (AvgIpc) is 2.40. The normalized spacial score (nSPS) is 17.0. The van der Waals surface area contributed by atoms with Crippen LogP contribution in [0.15, 0.2) is 10.7 Å². The van der Waals surface area contributed by atoms with Gasteiger partial charge in [0.25, 0.3) is 0 Å². The van der Waals surface area contributed by atoms with Crippen molar-refractivity contribution in [2.75, 3.05) is 43.1 Å². The molecule has 1 saturated heterocycles. The fourth-order valence-electron chi connectivity index (χ4n) is 2.21. The van der Waals surface area contributed by atoms with E-state index in [1.807, 2.05) is 0 Å². The molecule has 0 saturated carbocycles. The fraction of sp³-hybridized carbons (Fsp3) is 0.500. The first-order chi connectivity index (χ1) is 9.71. The predicted molar refractivity (Wildman–Crippen MR) is 81.6 cm³/mol. The van der Waals surface area contributed by atoms with Gasteiger partial charge in [-0.1, -0.05) is 0 Å². The molecule has 2 N–H and O–H groups in total. The number of anilines is 2. The fourth-order valence-corrected chi connectivity index (χ4v) is 3.57. The molecule has 11 heteroatoms. The number of nitrogens with zero attached hydrogens (tertiary/aromatic N) is 4. The number of aromatic nitrogens is 1. The zero-order valence-electron chi connectivity index (χ0n) is 11.2. The summed E-state index contributed by atoms with van der Waals surface area (Å²) in [6.45, 7) is 1.22. The van der Waals surface area contributed by atoms with E-state index in [0.717, 1.165) is 6.26 Å². The molecule has 1 aromatic heterocycles. The van der Waals surface area contributed by atoms with Gasteiger partial charge in [0.2, 0.25) is 15.8 Å². The SMILES string of the molecule is CS(=O)(=O)N1CCN(c2c(Br)cnc(N)c2[N+](=O)[O-])CC1. The Morgan fingerprint density at radius 1 is 1.38 bits per heavy atom. The summed E-state index contributed by atoms with van der Waals surface area (Å²) in [5.74, 6) is -0.163. The number of rotatable bonds is 3. The first kappa shape index (κ1) is 15.9. The Morgan fingerprint density at radius 3 is 2.43 bits per heavy atom. The van der Waals surface area contributed by atoms with Crippen molar-refractivity contribution < 1.29 is 13.3 Å². The summed E-state index contributed by atoms with van der Waals surface area (Å²) in [4.78, 5) is 16.1. The second-order valence-electron chi connectivity index (χ2n) is 4.59. The van der Waals surface area contributed by atoms with Crippen molar-refractivity contribution >= 4 is 43.1 Å². The van der Waals surface area contributed by atoms with E-state index >= 15 is 0 Å². The Labute approximate surface area is 130 Å². The summed E-state index contributed by atoms with van der Waals surface area (Å²) in [5.41, 5.74) is 5.66. The molecule has 0 unspecified atom stereocenters. The molecule has 0 atom stereocenters. The van der Waals surface area contributed by atoms with Crippen LogP contribution >= 0.6 is 15.9 Å². The number of hydrogen-bond acceptors (Lipinski definition) is 7. The Kier molecular flexibility index (Phi) is 4.35. The Hall–Kier alpha value is -1.46. The highest BCUT2D eigenvalue weighted by molar-refractivity contribution is 9.10. The van der Waals surface area contributed by atoms with Crippen molar-refractivity contribution in [1.29, 1.82) is 0 Å². The van der Waals surface area contributed by atoms with Gasteiger partial charge in [-0.3, -0.25) is 10.1 Å². The largest absolute Gasteiger partial charge is 0.378 e. The van der Waals surface area contributed by atoms with Gasteiger partial charge in [-0.25, -0.2) is 13.4 Å². The van der Waals surface area contributed by atoms with Gasteiger partial charge in [0.1, 0.15) is 5.69 Å². The van der Waals surface area contributed by atoms with E-state index in [1.54, 1.807) is 4.90 Å². The molecular weight excluding hydrogens is 366 g/mol. The van der Waals surface area contributed by atoms with E-state index in [1.165, 1.54) is 10.5 Å². The number of piperazine rings is 1. The van der Waals surface area contributed by atoms with Crippen molar-refractivity contribution in [1.82, 2.24) is 9.29 Å². The van der Waals surface area contributed by atoms with E-state index in [0.29, 0.717) is 23.2 Å². The van der Waals surface area contributed by atoms with Crippen LogP contribution < -0.4 is 10.6 Å². The van der Waals surface area contributed by atoms with Crippen molar-refractivity contribution in [2.24, 2.45) is 0 Å². The minimum Gasteiger partial charge on any atom is -0.378 e. The smallest absolute Gasteiger partial charge is 0.335 e. The summed E-state index contributed by atoms with van der Waals surface area (Å²) in [6, 6.07) is 0. The van der Waals surface area contributed by atoms with Crippen LogP contribution in [0.4, 0.5) is 17.2 Å². The zero-order valence-corrected chi connectivity index (χ0v) is 13.6. The number of halogens is 1. The lowest BCUT2D eigenvalue weighted by molar-refractivity contribution is -0.383. The molecule has 0 bridgehead atoms. The average molecular weight is 380 g/mol.